The fourth-order valence-electron chi connectivity index (χ4n) is 1.58. The normalized spacial score (nSPS) is 10.3. The molecule has 1 aromatic heterocycles. The van der Waals surface area contributed by atoms with E-state index in [1.165, 1.54) is 25.1 Å². The van der Waals surface area contributed by atoms with Gasteiger partial charge in [-0.25, -0.2) is 9.37 Å². The van der Waals surface area contributed by atoms with Crippen molar-refractivity contribution >= 4 is 23.4 Å². The molecule has 0 fully saturated rings. The molecule has 0 saturated heterocycles. The van der Waals surface area contributed by atoms with Gasteiger partial charge in [0.2, 0.25) is 5.95 Å². The van der Waals surface area contributed by atoms with E-state index in [1.54, 1.807) is 13.1 Å². The number of hydrogen-bond acceptors (Lipinski definition) is 6. The summed E-state index contributed by atoms with van der Waals surface area (Å²) in [6, 6.07) is 5.80. The molecule has 0 unspecified atom stereocenters. The number of anilines is 1. The lowest BCUT2D eigenvalue weighted by atomic mass is 10.3. The van der Waals surface area contributed by atoms with E-state index in [-0.39, 0.29) is 22.4 Å². The molecule has 2 aromatic rings. The van der Waals surface area contributed by atoms with Gasteiger partial charge in [0.15, 0.2) is 5.03 Å². The summed E-state index contributed by atoms with van der Waals surface area (Å²) in [5.74, 6) is -0.121. The molecule has 0 aliphatic carbocycles. The van der Waals surface area contributed by atoms with Crippen LogP contribution in [0.4, 0.5) is 16.0 Å². The first-order valence-electron chi connectivity index (χ1n) is 5.65. The third-order valence-electron chi connectivity index (χ3n) is 2.44. The molecule has 0 amide bonds. The second-order valence-corrected chi connectivity index (χ2v) is 4.92. The molecule has 6 nitrogen and oxygen atoms in total. The lowest BCUT2D eigenvalue weighted by molar-refractivity contribution is -0.389. The summed E-state index contributed by atoms with van der Waals surface area (Å²) in [5, 5.41) is 14.0. The number of aromatic nitrogens is 2. The van der Waals surface area contributed by atoms with Gasteiger partial charge >= 0.3 is 5.69 Å². The number of nitrogens with one attached hydrogen (secondary N) is 1. The number of aryl methyl sites for hydroxylation is 1. The van der Waals surface area contributed by atoms with E-state index in [1.807, 2.05) is 0 Å². The Balaban J connectivity index is 2.48. The van der Waals surface area contributed by atoms with Gasteiger partial charge in [0.05, 0.1) is 4.92 Å². The van der Waals surface area contributed by atoms with Crippen LogP contribution in [-0.4, -0.2) is 21.9 Å². The van der Waals surface area contributed by atoms with Gasteiger partial charge in [-0.05, 0) is 25.1 Å². The van der Waals surface area contributed by atoms with Crippen LogP contribution in [0.2, 0.25) is 0 Å². The molecule has 8 heteroatoms. The number of hydrogen-bond donors (Lipinski definition) is 1. The molecule has 1 heterocycles. The second-order valence-electron chi connectivity index (χ2n) is 3.85. The molecule has 0 aliphatic heterocycles. The van der Waals surface area contributed by atoms with E-state index in [9.17, 15) is 14.5 Å². The summed E-state index contributed by atoms with van der Waals surface area (Å²) < 4.78 is 13.2. The van der Waals surface area contributed by atoms with Gasteiger partial charge in [0, 0.05) is 11.9 Å². The number of benzene rings is 1. The third kappa shape index (κ3) is 3.02. The van der Waals surface area contributed by atoms with Crippen molar-refractivity contribution in [2.24, 2.45) is 0 Å². The molecule has 0 saturated carbocycles. The lowest BCUT2D eigenvalue weighted by Gasteiger charge is -2.06. The molecule has 0 bridgehead atoms. The highest BCUT2D eigenvalue weighted by molar-refractivity contribution is 7.99. The standard InChI is InChI=1S/C12H11FN4O2S/c1-7-10(17(18)19)11(16-12(14-2)15-7)20-9-5-3-4-8(13)6-9/h3-6H,1-2H3,(H,14,15,16). The Bertz CT molecular complexity index is 666. The van der Waals surface area contributed by atoms with Crippen molar-refractivity contribution in [1.82, 2.24) is 9.97 Å². The minimum atomic E-state index is -0.531. The van der Waals surface area contributed by atoms with Gasteiger partial charge in [-0.15, -0.1) is 0 Å². The molecule has 1 N–H and O–H groups in total. The van der Waals surface area contributed by atoms with E-state index in [4.69, 9.17) is 0 Å². The Labute approximate surface area is 118 Å². The minimum absolute atomic E-state index is 0.168. The molecular weight excluding hydrogens is 283 g/mol. The predicted octanol–water partition coefficient (Wildman–Crippen LogP) is 3.03. The quantitative estimate of drug-likeness (QED) is 0.530. The average molecular weight is 294 g/mol. The SMILES string of the molecule is CNc1nc(C)c([N+](=O)[O-])c(Sc2cccc(F)c2)n1. The van der Waals surface area contributed by atoms with Crippen molar-refractivity contribution in [3.63, 3.8) is 0 Å². The minimum Gasteiger partial charge on any atom is -0.357 e. The topological polar surface area (TPSA) is 81.0 Å². The summed E-state index contributed by atoms with van der Waals surface area (Å²) in [7, 11) is 1.62. The maximum absolute atomic E-state index is 13.2. The summed E-state index contributed by atoms with van der Waals surface area (Å²) in [6.07, 6.45) is 0. The predicted molar refractivity (Wildman–Crippen MR) is 73.5 cm³/mol. The van der Waals surface area contributed by atoms with Crippen LogP contribution in [0.25, 0.3) is 0 Å². The summed E-state index contributed by atoms with van der Waals surface area (Å²) >= 11 is 1.03. The molecule has 1 aromatic carbocycles. The fourth-order valence-corrected chi connectivity index (χ4v) is 2.57. The van der Waals surface area contributed by atoms with Gasteiger partial charge in [0.1, 0.15) is 11.5 Å². The number of halogens is 1. The van der Waals surface area contributed by atoms with Gasteiger partial charge in [0.25, 0.3) is 0 Å². The first-order chi connectivity index (χ1) is 9.51. The Kier molecular flexibility index (Phi) is 4.14. The zero-order chi connectivity index (χ0) is 14.7. The van der Waals surface area contributed by atoms with Crippen molar-refractivity contribution in [3.8, 4) is 0 Å². The maximum atomic E-state index is 13.2. The highest BCUT2D eigenvalue weighted by Crippen LogP contribution is 2.35. The fraction of sp³-hybridized carbons (Fsp3) is 0.167. The van der Waals surface area contributed by atoms with Crippen LogP contribution in [0.5, 0.6) is 0 Å². The smallest absolute Gasteiger partial charge is 0.322 e. The molecule has 0 radical (unpaired) electrons. The third-order valence-corrected chi connectivity index (χ3v) is 3.41. The largest absolute Gasteiger partial charge is 0.357 e. The van der Waals surface area contributed by atoms with Crippen molar-refractivity contribution in [1.29, 1.82) is 0 Å². The number of nitrogens with zero attached hydrogens (tertiary/aromatic N) is 3. The maximum Gasteiger partial charge on any atom is 0.322 e. The van der Waals surface area contributed by atoms with E-state index in [0.29, 0.717) is 4.90 Å². The highest BCUT2D eigenvalue weighted by atomic mass is 32.2. The van der Waals surface area contributed by atoms with Crippen molar-refractivity contribution < 1.29 is 9.31 Å². The Hall–Kier alpha value is -2.22. The first-order valence-corrected chi connectivity index (χ1v) is 6.47. The second kappa shape index (κ2) is 5.83. The van der Waals surface area contributed by atoms with Gasteiger partial charge < -0.3 is 5.32 Å². The zero-order valence-electron chi connectivity index (χ0n) is 10.8. The monoisotopic (exact) mass is 294 g/mol. The Morgan fingerprint density at radius 1 is 1.40 bits per heavy atom. The van der Waals surface area contributed by atoms with Gasteiger partial charge in [-0.1, -0.05) is 17.8 Å². The van der Waals surface area contributed by atoms with Crippen molar-refractivity contribution in [2.75, 3.05) is 12.4 Å². The molecule has 0 atom stereocenters. The number of nitro groups is 1. The van der Waals surface area contributed by atoms with Crippen LogP contribution in [0, 0.1) is 22.9 Å². The Morgan fingerprint density at radius 2 is 2.15 bits per heavy atom. The molecule has 104 valence electrons. The summed E-state index contributed by atoms with van der Waals surface area (Å²) in [5.41, 5.74) is 0.0894. The van der Waals surface area contributed by atoms with Crippen LogP contribution in [-0.2, 0) is 0 Å². The summed E-state index contributed by atoms with van der Waals surface area (Å²) in [4.78, 5) is 19.2. The van der Waals surface area contributed by atoms with Crippen LogP contribution in [0.3, 0.4) is 0 Å². The lowest BCUT2D eigenvalue weighted by Crippen LogP contribution is -2.04. The van der Waals surface area contributed by atoms with E-state index >= 15 is 0 Å². The average Bonchev–Trinajstić information content (AvgIpc) is 2.37. The van der Waals surface area contributed by atoms with Crippen molar-refractivity contribution in [2.45, 2.75) is 16.8 Å². The molecule has 2 rings (SSSR count). The van der Waals surface area contributed by atoms with Crippen LogP contribution in [0.1, 0.15) is 5.69 Å². The molecular formula is C12H11FN4O2S. The Morgan fingerprint density at radius 3 is 2.75 bits per heavy atom. The first kappa shape index (κ1) is 14.2. The molecule has 0 spiro atoms. The van der Waals surface area contributed by atoms with Crippen LogP contribution >= 0.6 is 11.8 Å². The van der Waals surface area contributed by atoms with Gasteiger partial charge in [-0.3, -0.25) is 10.1 Å². The highest BCUT2D eigenvalue weighted by Gasteiger charge is 2.22. The van der Waals surface area contributed by atoms with E-state index in [2.05, 4.69) is 15.3 Å². The van der Waals surface area contributed by atoms with E-state index in [0.717, 1.165) is 11.8 Å². The molecule has 20 heavy (non-hydrogen) atoms. The van der Waals surface area contributed by atoms with Crippen molar-refractivity contribution in [3.05, 3.63) is 45.9 Å². The van der Waals surface area contributed by atoms with E-state index < -0.39 is 10.7 Å². The van der Waals surface area contributed by atoms with Gasteiger partial charge in [-0.2, -0.15) is 4.98 Å². The molecule has 0 aliphatic rings. The summed E-state index contributed by atoms with van der Waals surface area (Å²) in [6.45, 7) is 1.54. The number of rotatable bonds is 4. The van der Waals surface area contributed by atoms with Crippen LogP contribution < -0.4 is 5.32 Å². The zero-order valence-corrected chi connectivity index (χ0v) is 11.6. The van der Waals surface area contributed by atoms with Crippen LogP contribution in [0.15, 0.2) is 34.2 Å².